The Hall–Kier alpha value is -2.48. The van der Waals surface area contributed by atoms with Gasteiger partial charge in [0.05, 0.1) is 12.6 Å². The fraction of sp³-hybridized carbons (Fsp3) is 0.375. The minimum absolute atomic E-state index is 0.00426. The first-order valence-corrected chi connectivity index (χ1v) is 7.04. The van der Waals surface area contributed by atoms with Crippen molar-refractivity contribution in [3.63, 3.8) is 0 Å². The minimum atomic E-state index is -0.00426. The monoisotopic (exact) mass is 285 g/mol. The topological polar surface area (TPSA) is 51.4 Å². The largest absolute Gasteiger partial charge is 0.393 e. The number of nitrogens with zero attached hydrogens (tertiary/aromatic N) is 4. The van der Waals surface area contributed by atoms with Gasteiger partial charge in [0, 0.05) is 14.1 Å². The average molecular weight is 285 g/mol. The summed E-state index contributed by atoms with van der Waals surface area (Å²) in [5.74, 6) is 1.02. The van der Waals surface area contributed by atoms with E-state index in [-0.39, 0.29) is 6.04 Å². The van der Waals surface area contributed by atoms with Crippen LogP contribution < -0.4 is 10.6 Å². The Morgan fingerprint density at radius 3 is 2.24 bits per heavy atom. The van der Waals surface area contributed by atoms with Crippen LogP contribution in [0, 0.1) is 6.57 Å². The van der Waals surface area contributed by atoms with Gasteiger partial charge in [0.2, 0.25) is 0 Å². The Morgan fingerprint density at radius 2 is 1.81 bits per heavy atom. The highest BCUT2D eigenvalue weighted by Gasteiger charge is 2.21. The molecule has 1 atom stereocenters. The predicted molar refractivity (Wildman–Crippen MR) is 88.8 cm³/mol. The maximum atomic E-state index is 7.24. The summed E-state index contributed by atoms with van der Waals surface area (Å²) in [4.78, 5) is 5.29. The average Bonchev–Trinajstić information content (AvgIpc) is 2.86. The fourth-order valence-corrected chi connectivity index (χ4v) is 2.00. The summed E-state index contributed by atoms with van der Waals surface area (Å²) < 4.78 is 1.71. The molecule has 0 radical (unpaired) electrons. The smallest absolute Gasteiger partial charge is 0.270 e. The van der Waals surface area contributed by atoms with Crippen molar-refractivity contribution >= 4 is 17.3 Å². The number of aromatic nitrogens is 2. The molecule has 1 aromatic heterocycles. The molecule has 0 saturated carbocycles. The zero-order valence-corrected chi connectivity index (χ0v) is 13.3. The van der Waals surface area contributed by atoms with Gasteiger partial charge in [0.25, 0.3) is 5.69 Å². The molecule has 1 unspecified atom stereocenters. The second-order valence-electron chi connectivity index (χ2n) is 4.59. The number of hydrogen-bond acceptors (Lipinski definition) is 3. The lowest BCUT2D eigenvalue weighted by atomic mass is 10.1. The minimum Gasteiger partial charge on any atom is -0.393 e. The quantitative estimate of drug-likeness (QED) is 0.874. The maximum absolute atomic E-state index is 7.24. The normalized spacial score (nSPS) is 11.0. The SMILES string of the molecule is CC.[C-]#[N+]c1c(N(C)C)nn(C(C)c2ccccc2)c1N. The number of rotatable bonds is 3. The molecule has 0 bridgehead atoms. The van der Waals surface area contributed by atoms with E-state index < -0.39 is 0 Å². The van der Waals surface area contributed by atoms with Crippen molar-refractivity contribution in [2.45, 2.75) is 26.8 Å². The number of nitrogens with two attached hydrogens (primary N) is 1. The molecule has 0 aliphatic heterocycles. The number of benzene rings is 1. The van der Waals surface area contributed by atoms with E-state index in [4.69, 9.17) is 12.3 Å². The summed E-state index contributed by atoms with van der Waals surface area (Å²) in [7, 11) is 3.71. The van der Waals surface area contributed by atoms with E-state index in [0.29, 0.717) is 17.3 Å². The Bertz CT molecular complexity index is 608. The third-order valence-electron chi connectivity index (χ3n) is 3.09. The first-order valence-electron chi connectivity index (χ1n) is 7.04. The molecule has 21 heavy (non-hydrogen) atoms. The van der Waals surface area contributed by atoms with Crippen LogP contribution in [0.5, 0.6) is 0 Å². The van der Waals surface area contributed by atoms with Gasteiger partial charge in [-0.25, -0.2) is 4.85 Å². The van der Waals surface area contributed by atoms with Crippen molar-refractivity contribution in [2.75, 3.05) is 24.7 Å². The van der Waals surface area contributed by atoms with Crippen LogP contribution in [0.4, 0.5) is 17.3 Å². The van der Waals surface area contributed by atoms with Crippen LogP contribution in [0.1, 0.15) is 32.4 Å². The summed E-state index contributed by atoms with van der Waals surface area (Å²) in [6.45, 7) is 13.3. The number of nitrogen functional groups attached to an aromatic ring is 1. The van der Waals surface area contributed by atoms with Gasteiger partial charge in [-0.1, -0.05) is 44.2 Å². The van der Waals surface area contributed by atoms with Gasteiger partial charge >= 0.3 is 0 Å². The summed E-state index contributed by atoms with van der Waals surface area (Å²) in [6, 6.07) is 9.98. The van der Waals surface area contributed by atoms with Crippen LogP contribution in [0.15, 0.2) is 30.3 Å². The molecule has 0 saturated heterocycles. The van der Waals surface area contributed by atoms with E-state index in [1.54, 1.807) is 9.58 Å². The standard InChI is InChI=1S/C14H17N5.C2H6/c1-10(11-8-6-5-7-9-11)19-13(15)12(16-2)14(17-19)18(3)4;1-2/h5-10H,15H2,1,3-4H3;1-2H3. The zero-order valence-electron chi connectivity index (χ0n) is 13.3. The van der Waals surface area contributed by atoms with E-state index >= 15 is 0 Å². The lowest BCUT2D eigenvalue weighted by Gasteiger charge is -2.15. The highest BCUT2D eigenvalue weighted by atomic mass is 15.4. The summed E-state index contributed by atoms with van der Waals surface area (Å²) in [6.07, 6.45) is 0. The van der Waals surface area contributed by atoms with Gasteiger partial charge in [0.1, 0.15) is 5.82 Å². The lowest BCUT2D eigenvalue weighted by Crippen LogP contribution is -2.13. The predicted octanol–water partition coefficient (Wildman–Crippen LogP) is 3.72. The van der Waals surface area contributed by atoms with E-state index in [0.717, 1.165) is 5.56 Å². The Morgan fingerprint density at radius 1 is 1.24 bits per heavy atom. The van der Waals surface area contributed by atoms with Crippen molar-refractivity contribution in [1.29, 1.82) is 0 Å². The molecule has 2 rings (SSSR count). The van der Waals surface area contributed by atoms with Crippen LogP contribution in [-0.2, 0) is 0 Å². The fourth-order valence-electron chi connectivity index (χ4n) is 2.00. The van der Waals surface area contributed by atoms with Crippen LogP contribution >= 0.6 is 0 Å². The van der Waals surface area contributed by atoms with Gasteiger partial charge in [-0.2, -0.15) is 5.10 Å². The molecule has 5 nitrogen and oxygen atoms in total. The van der Waals surface area contributed by atoms with Gasteiger partial charge in [-0.15, -0.1) is 0 Å². The molecule has 0 amide bonds. The van der Waals surface area contributed by atoms with Crippen LogP contribution in [-0.4, -0.2) is 23.9 Å². The molecule has 0 aliphatic carbocycles. The van der Waals surface area contributed by atoms with Crippen LogP contribution in [0.3, 0.4) is 0 Å². The van der Waals surface area contributed by atoms with Crippen LogP contribution in [0.25, 0.3) is 4.85 Å². The van der Waals surface area contributed by atoms with E-state index in [9.17, 15) is 0 Å². The third kappa shape index (κ3) is 3.34. The maximum Gasteiger partial charge on any atom is 0.270 e. The molecular weight excluding hydrogens is 262 g/mol. The Labute approximate surface area is 126 Å². The second-order valence-corrected chi connectivity index (χ2v) is 4.59. The second kappa shape index (κ2) is 7.34. The molecule has 0 spiro atoms. The van der Waals surface area contributed by atoms with Crippen LogP contribution in [0.2, 0.25) is 0 Å². The Kier molecular flexibility index (Phi) is 5.79. The summed E-state index contributed by atoms with van der Waals surface area (Å²) in [5.41, 5.74) is 7.57. The van der Waals surface area contributed by atoms with Gasteiger partial charge in [-0.05, 0) is 12.5 Å². The lowest BCUT2D eigenvalue weighted by molar-refractivity contribution is 0.573. The molecule has 0 fully saturated rings. The summed E-state index contributed by atoms with van der Waals surface area (Å²) >= 11 is 0. The number of anilines is 2. The Balaban J connectivity index is 0.00000106. The first kappa shape index (κ1) is 16.6. The number of hydrogen-bond donors (Lipinski definition) is 1. The van der Waals surface area contributed by atoms with Gasteiger partial charge in [0.15, 0.2) is 5.82 Å². The first-order chi connectivity index (χ1) is 10.1. The highest BCUT2D eigenvalue weighted by molar-refractivity contribution is 5.78. The molecule has 5 heteroatoms. The molecule has 2 N–H and O–H groups in total. The molecule has 112 valence electrons. The van der Waals surface area contributed by atoms with E-state index in [1.165, 1.54) is 0 Å². The molecular formula is C16H23N5. The van der Waals surface area contributed by atoms with E-state index in [1.807, 2.05) is 65.2 Å². The molecule has 0 aliphatic rings. The van der Waals surface area contributed by atoms with E-state index in [2.05, 4.69) is 9.94 Å². The molecule has 1 aromatic carbocycles. The highest BCUT2D eigenvalue weighted by Crippen LogP contribution is 2.35. The van der Waals surface area contributed by atoms with Gasteiger partial charge < -0.3 is 10.6 Å². The summed E-state index contributed by atoms with van der Waals surface area (Å²) in [5, 5.41) is 4.46. The third-order valence-corrected chi connectivity index (χ3v) is 3.09. The van der Waals surface area contributed by atoms with Crippen molar-refractivity contribution in [3.05, 3.63) is 47.3 Å². The van der Waals surface area contributed by atoms with Crippen molar-refractivity contribution in [1.82, 2.24) is 9.78 Å². The van der Waals surface area contributed by atoms with Gasteiger partial charge in [-0.3, -0.25) is 4.68 Å². The zero-order chi connectivity index (χ0) is 16.0. The van der Waals surface area contributed by atoms with Crippen molar-refractivity contribution in [2.24, 2.45) is 0 Å². The van der Waals surface area contributed by atoms with Crippen molar-refractivity contribution < 1.29 is 0 Å². The molecule has 1 heterocycles. The van der Waals surface area contributed by atoms with Crippen molar-refractivity contribution in [3.8, 4) is 0 Å². The molecule has 2 aromatic rings.